The number of hydrogen-bond acceptors (Lipinski definition) is 10. The van der Waals surface area contributed by atoms with E-state index in [-0.39, 0.29) is 31.2 Å². The maximum absolute atomic E-state index is 14.9. The molecule has 2 fully saturated rings. The largest absolute Gasteiger partial charge is 0.492 e. The molecule has 6 unspecified atom stereocenters. The second-order valence-corrected chi connectivity index (χ2v) is 18.6. The molecule has 0 bridgehead atoms. The predicted octanol–water partition coefficient (Wildman–Crippen LogP) is 5.79. The van der Waals surface area contributed by atoms with Gasteiger partial charge in [0.25, 0.3) is 12.3 Å². The molecule has 1 aromatic heterocycles. The van der Waals surface area contributed by atoms with Gasteiger partial charge in [0.15, 0.2) is 5.60 Å². The molecule has 3 N–H and O–H groups in total. The summed E-state index contributed by atoms with van der Waals surface area (Å²) in [6.45, 7) is 9.66. The molecule has 1 saturated heterocycles. The maximum Gasteiger partial charge on any atom is 0.408 e. The Hall–Kier alpha value is -4.54. The van der Waals surface area contributed by atoms with Crippen molar-refractivity contribution < 1.29 is 50.6 Å². The van der Waals surface area contributed by atoms with Crippen molar-refractivity contribution in [1.82, 2.24) is 25.2 Å². The normalized spacial score (nSPS) is 25.8. The number of amides is 4. The zero-order valence-corrected chi connectivity index (χ0v) is 34.9. The minimum absolute atomic E-state index is 0.0613. The van der Waals surface area contributed by atoms with E-state index in [1.54, 1.807) is 6.92 Å². The van der Waals surface area contributed by atoms with Crippen LogP contribution in [0.5, 0.6) is 11.6 Å². The Kier molecular flexibility index (Phi) is 14.3. The van der Waals surface area contributed by atoms with E-state index >= 15 is 0 Å². The first-order valence-corrected chi connectivity index (χ1v) is 21.6. The van der Waals surface area contributed by atoms with E-state index in [9.17, 15) is 36.4 Å². The average molecular weight is 834 g/mol. The SMILES string of the molecule is CCOc1cnc(OC2CC3C(=O)NC(C(=O)NS(=O)(=O)C4(C)CC4)CCC=CCCC(C)CC(CC)C(NC(=O)OC(C)(C)C(F)F)C(=O)N3C2)c2ccccc12. The molecular weight excluding hydrogens is 777 g/mol. The number of carbonyl (C=O) groups excluding carboxylic acids is 4. The summed E-state index contributed by atoms with van der Waals surface area (Å²) in [4.78, 5) is 62.0. The number of nitrogens with zero attached hydrogens (tertiary/aromatic N) is 2. The molecule has 320 valence electrons. The van der Waals surface area contributed by atoms with Crippen LogP contribution in [0, 0.1) is 11.8 Å². The zero-order chi connectivity index (χ0) is 42.4. The lowest BCUT2D eigenvalue weighted by atomic mass is 9.85. The number of aromatic nitrogens is 1. The standard InChI is InChI=1S/C41H57F2N5O9S/c1-7-26-21-25(3)15-11-9-10-12-18-30(34(49)47-58(53,54)41(6)19-20-41)45-35(50)31-22-27(56-36-29-17-14-13-16-28(29)32(23-44-36)55-8-2)24-48(31)37(51)33(26)46-39(52)57-40(4,5)38(42)43/h9-10,13-14,16-17,23,25-27,30-31,33,38H,7-8,11-12,15,18-22,24H2,1-6H3,(H,45,50)(H,46,52)(H,47,49). The fourth-order valence-corrected chi connectivity index (χ4v) is 8.69. The van der Waals surface area contributed by atoms with Crippen LogP contribution < -0.4 is 24.8 Å². The van der Waals surface area contributed by atoms with Crippen LogP contribution in [0.1, 0.15) is 99.3 Å². The smallest absolute Gasteiger partial charge is 0.408 e. The quantitative estimate of drug-likeness (QED) is 0.235. The monoisotopic (exact) mass is 833 g/mol. The molecule has 3 heterocycles. The number of carbonyl (C=O) groups is 4. The fourth-order valence-electron chi connectivity index (χ4n) is 7.40. The van der Waals surface area contributed by atoms with Gasteiger partial charge >= 0.3 is 6.09 Å². The summed E-state index contributed by atoms with van der Waals surface area (Å²) < 4.78 is 72.1. The zero-order valence-electron chi connectivity index (χ0n) is 34.1. The molecule has 58 heavy (non-hydrogen) atoms. The number of rotatable bonds is 11. The first-order chi connectivity index (χ1) is 27.4. The molecule has 2 aliphatic heterocycles. The van der Waals surface area contributed by atoms with Gasteiger partial charge in [0.1, 0.15) is 30.0 Å². The molecule has 1 aromatic carbocycles. The Labute approximate surface area is 339 Å². The van der Waals surface area contributed by atoms with Gasteiger partial charge in [0.05, 0.1) is 24.1 Å². The van der Waals surface area contributed by atoms with E-state index in [0.29, 0.717) is 56.3 Å². The van der Waals surface area contributed by atoms with Crippen molar-refractivity contribution in [1.29, 1.82) is 0 Å². The highest BCUT2D eigenvalue weighted by Crippen LogP contribution is 2.42. The summed E-state index contributed by atoms with van der Waals surface area (Å²) in [5.41, 5.74) is -2.16. The highest BCUT2D eigenvalue weighted by Gasteiger charge is 2.52. The van der Waals surface area contributed by atoms with E-state index in [4.69, 9.17) is 14.2 Å². The molecule has 0 spiro atoms. The van der Waals surface area contributed by atoms with Crippen molar-refractivity contribution in [2.75, 3.05) is 13.2 Å². The summed E-state index contributed by atoms with van der Waals surface area (Å²) >= 11 is 0. The lowest BCUT2D eigenvalue weighted by Crippen LogP contribution is -2.58. The van der Waals surface area contributed by atoms with E-state index in [1.807, 2.05) is 57.2 Å². The summed E-state index contributed by atoms with van der Waals surface area (Å²) in [7, 11) is -4.04. The molecule has 0 radical (unpaired) electrons. The van der Waals surface area contributed by atoms with Crippen LogP contribution in [0.25, 0.3) is 10.8 Å². The number of fused-ring (bicyclic) bond motifs is 2. The first-order valence-electron chi connectivity index (χ1n) is 20.2. The molecule has 2 aromatic rings. The Bertz CT molecular complexity index is 1960. The minimum atomic E-state index is -4.04. The molecule has 3 aliphatic rings. The second kappa shape index (κ2) is 18.6. The van der Waals surface area contributed by atoms with Gasteiger partial charge in [0, 0.05) is 17.2 Å². The van der Waals surface area contributed by atoms with Gasteiger partial charge < -0.3 is 29.7 Å². The van der Waals surface area contributed by atoms with Crippen LogP contribution in [-0.4, -0.2) is 96.3 Å². The first kappa shape index (κ1) is 44.6. The van der Waals surface area contributed by atoms with Gasteiger partial charge in [-0.3, -0.25) is 19.1 Å². The summed E-state index contributed by atoms with van der Waals surface area (Å²) in [6.07, 6.45) is 3.78. The molecule has 4 amide bonds. The molecule has 6 atom stereocenters. The number of hydrogen-bond donors (Lipinski definition) is 3. The van der Waals surface area contributed by atoms with Crippen LogP contribution in [0.2, 0.25) is 0 Å². The van der Waals surface area contributed by atoms with Crippen LogP contribution in [0.4, 0.5) is 13.6 Å². The summed E-state index contributed by atoms with van der Waals surface area (Å²) in [5.74, 6) is -1.96. The Balaban J connectivity index is 1.52. The second-order valence-electron chi connectivity index (χ2n) is 16.4. The van der Waals surface area contributed by atoms with Gasteiger partial charge in [-0.2, -0.15) is 0 Å². The van der Waals surface area contributed by atoms with Gasteiger partial charge in [-0.25, -0.2) is 27.0 Å². The van der Waals surface area contributed by atoms with E-state index < -0.39 is 80.8 Å². The van der Waals surface area contributed by atoms with Crippen LogP contribution in [0.15, 0.2) is 42.6 Å². The highest BCUT2D eigenvalue weighted by molar-refractivity contribution is 7.91. The number of allylic oxidation sites excluding steroid dienone is 2. The lowest BCUT2D eigenvalue weighted by Gasteiger charge is -2.34. The van der Waals surface area contributed by atoms with E-state index in [0.717, 1.165) is 25.7 Å². The van der Waals surface area contributed by atoms with Crippen LogP contribution >= 0.6 is 0 Å². The number of sulfonamides is 1. The van der Waals surface area contributed by atoms with E-state index in [2.05, 4.69) is 20.3 Å². The highest BCUT2D eigenvalue weighted by atomic mass is 32.2. The molecular formula is C41H57F2N5O9S. The molecule has 1 aliphatic carbocycles. The van der Waals surface area contributed by atoms with Gasteiger partial charge in [0.2, 0.25) is 27.7 Å². The fraction of sp³-hybridized carbons (Fsp3) is 0.634. The van der Waals surface area contributed by atoms with Crippen molar-refractivity contribution >= 4 is 44.6 Å². The third-order valence-electron chi connectivity index (χ3n) is 11.4. The molecule has 14 nitrogen and oxygen atoms in total. The van der Waals surface area contributed by atoms with Gasteiger partial charge in [-0.05, 0) is 90.5 Å². The molecule has 17 heteroatoms. The maximum atomic E-state index is 14.9. The minimum Gasteiger partial charge on any atom is -0.492 e. The predicted molar refractivity (Wildman–Crippen MR) is 213 cm³/mol. The molecule has 5 rings (SSSR count). The van der Waals surface area contributed by atoms with E-state index in [1.165, 1.54) is 11.1 Å². The van der Waals surface area contributed by atoms with Gasteiger partial charge in [-0.1, -0.05) is 50.6 Å². The number of nitrogens with one attached hydrogen (secondary N) is 3. The lowest BCUT2D eigenvalue weighted by molar-refractivity contribution is -0.142. The van der Waals surface area contributed by atoms with Crippen LogP contribution in [0.3, 0.4) is 0 Å². The summed E-state index contributed by atoms with van der Waals surface area (Å²) in [6, 6.07) is 3.49. The van der Waals surface area contributed by atoms with Crippen molar-refractivity contribution in [2.45, 2.75) is 140 Å². The summed E-state index contributed by atoms with van der Waals surface area (Å²) in [5, 5.41) is 6.67. The van der Waals surface area contributed by atoms with Crippen LogP contribution in [-0.2, 0) is 29.1 Å². The number of halogens is 2. The molecule has 1 saturated carbocycles. The average Bonchev–Trinajstić information content (AvgIpc) is 3.80. The number of alkyl carbamates (subject to hydrolysis) is 1. The number of ether oxygens (including phenoxy) is 3. The Morgan fingerprint density at radius 3 is 2.38 bits per heavy atom. The topological polar surface area (TPSA) is 182 Å². The number of pyridine rings is 1. The Morgan fingerprint density at radius 2 is 1.74 bits per heavy atom. The van der Waals surface area contributed by atoms with Crippen molar-refractivity contribution in [2.24, 2.45) is 11.8 Å². The van der Waals surface area contributed by atoms with Crippen molar-refractivity contribution in [3.05, 3.63) is 42.6 Å². The number of benzene rings is 1. The third kappa shape index (κ3) is 10.5. The van der Waals surface area contributed by atoms with Crippen molar-refractivity contribution in [3.63, 3.8) is 0 Å². The Morgan fingerprint density at radius 1 is 1.07 bits per heavy atom. The van der Waals surface area contributed by atoms with Crippen molar-refractivity contribution in [3.8, 4) is 11.6 Å². The number of alkyl halides is 2. The van der Waals surface area contributed by atoms with Gasteiger partial charge in [-0.15, -0.1) is 0 Å². The third-order valence-corrected chi connectivity index (χ3v) is 13.5.